The molecule has 0 saturated carbocycles. The van der Waals surface area contributed by atoms with Crippen LogP contribution < -0.4 is 14.8 Å². The van der Waals surface area contributed by atoms with Crippen molar-refractivity contribution in [3.8, 4) is 5.75 Å². The second-order valence-electron chi connectivity index (χ2n) is 8.02. The van der Waals surface area contributed by atoms with Crippen molar-refractivity contribution in [2.75, 3.05) is 19.5 Å². The van der Waals surface area contributed by atoms with Crippen LogP contribution >= 0.6 is 0 Å². The fraction of sp³-hybridized carbons (Fsp3) is 0.429. The van der Waals surface area contributed by atoms with Gasteiger partial charge in [0.05, 0.1) is 7.11 Å². The van der Waals surface area contributed by atoms with Crippen molar-refractivity contribution < 1.29 is 44.6 Å². The summed E-state index contributed by atoms with van der Waals surface area (Å²) in [6, 6.07) is 3.98. The molecule has 192 valence electrons. The molecule has 1 amide bonds. The number of pyridine rings is 1. The van der Waals surface area contributed by atoms with E-state index < -0.39 is 68.1 Å². The lowest BCUT2D eigenvalue weighted by atomic mass is 9.77. The zero-order valence-electron chi connectivity index (χ0n) is 18.9. The molecule has 2 aromatic rings. The van der Waals surface area contributed by atoms with Crippen LogP contribution in [0.1, 0.15) is 25.3 Å². The van der Waals surface area contributed by atoms with E-state index in [0.717, 1.165) is 45.5 Å². The van der Waals surface area contributed by atoms with Gasteiger partial charge in [-0.1, -0.05) is 13.0 Å². The first kappa shape index (κ1) is 26.8. The van der Waals surface area contributed by atoms with Gasteiger partial charge >= 0.3 is 6.18 Å². The van der Waals surface area contributed by atoms with Crippen LogP contribution in [0.25, 0.3) is 0 Å². The summed E-state index contributed by atoms with van der Waals surface area (Å²) < 4.78 is 106. The molecule has 1 aromatic carbocycles. The normalized spacial score (nSPS) is 24.9. The van der Waals surface area contributed by atoms with Crippen molar-refractivity contribution in [2.45, 2.75) is 42.7 Å². The zero-order chi connectivity index (χ0) is 26.3. The van der Waals surface area contributed by atoms with Crippen LogP contribution in [0, 0.1) is 17.6 Å². The van der Waals surface area contributed by atoms with Crippen LogP contribution in [-0.2, 0) is 19.6 Å². The Morgan fingerprint density at radius 1 is 1.23 bits per heavy atom. The molecule has 35 heavy (non-hydrogen) atoms. The molecule has 1 aromatic heterocycles. The van der Waals surface area contributed by atoms with Gasteiger partial charge < -0.3 is 14.8 Å². The number of ether oxygens (including phenoxy) is 2. The molecule has 8 nitrogen and oxygen atoms in total. The summed E-state index contributed by atoms with van der Waals surface area (Å²) in [5.74, 6) is -7.27. The van der Waals surface area contributed by atoms with Crippen molar-refractivity contribution in [3.63, 3.8) is 0 Å². The maximum absolute atomic E-state index is 14.4. The Labute approximate surface area is 197 Å². The number of alkyl halides is 3. The topological polar surface area (TPSA) is 107 Å². The summed E-state index contributed by atoms with van der Waals surface area (Å²) in [5.41, 5.74) is -3.11. The Balaban J connectivity index is 2.07. The molecule has 0 radical (unpaired) electrons. The highest BCUT2D eigenvalue weighted by atomic mass is 32.2. The lowest BCUT2D eigenvalue weighted by Gasteiger charge is -2.32. The highest BCUT2D eigenvalue weighted by molar-refractivity contribution is 7.89. The maximum atomic E-state index is 14.4. The van der Waals surface area contributed by atoms with Gasteiger partial charge in [-0.2, -0.15) is 17.6 Å². The Morgan fingerprint density at radius 2 is 1.89 bits per heavy atom. The Bertz CT molecular complexity index is 1240. The van der Waals surface area contributed by atoms with Crippen LogP contribution in [-0.4, -0.2) is 51.3 Å². The van der Waals surface area contributed by atoms with Crippen LogP contribution in [0.15, 0.2) is 35.5 Å². The van der Waals surface area contributed by atoms with Gasteiger partial charge in [0, 0.05) is 35.3 Å². The lowest BCUT2D eigenvalue weighted by Crippen LogP contribution is -2.47. The minimum Gasteiger partial charge on any atom is -0.493 e. The third-order valence-electron chi connectivity index (χ3n) is 6.12. The molecule has 1 aliphatic heterocycles. The quantitative estimate of drug-likeness (QED) is 0.563. The van der Waals surface area contributed by atoms with Crippen LogP contribution in [0.2, 0.25) is 0 Å². The molecule has 1 aliphatic rings. The molecular formula is C21H22F5N3O5S. The number of carbonyl (C=O) groups is 1. The molecule has 4 atom stereocenters. The fourth-order valence-corrected chi connectivity index (χ4v) is 4.68. The third kappa shape index (κ3) is 4.69. The van der Waals surface area contributed by atoms with Crippen molar-refractivity contribution in [1.82, 2.24) is 9.71 Å². The molecule has 0 unspecified atom stereocenters. The molecule has 3 rings (SSSR count). The second-order valence-corrected chi connectivity index (χ2v) is 9.85. The molecule has 0 spiro atoms. The van der Waals surface area contributed by atoms with Gasteiger partial charge in [-0.05, 0) is 26.1 Å². The molecule has 2 N–H and O–H groups in total. The number of hydrogen-bond acceptors (Lipinski definition) is 6. The number of amides is 1. The molecule has 1 fully saturated rings. The number of benzene rings is 1. The van der Waals surface area contributed by atoms with E-state index in [0.29, 0.717) is 0 Å². The van der Waals surface area contributed by atoms with E-state index in [2.05, 4.69) is 10.3 Å². The smallest absolute Gasteiger partial charge is 0.417 e. The van der Waals surface area contributed by atoms with Crippen molar-refractivity contribution in [2.24, 2.45) is 5.92 Å². The largest absolute Gasteiger partial charge is 0.493 e. The highest BCUT2D eigenvalue weighted by Gasteiger charge is 2.65. The van der Waals surface area contributed by atoms with E-state index in [-0.39, 0.29) is 11.3 Å². The number of halogens is 5. The minimum atomic E-state index is -4.92. The monoisotopic (exact) mass is 523 g/mol. The van der Waals surface area contributed by atoms with Crippen LogP contribution in [0.4, 0.5) is 27.6 Å². The zero-order valence-corrected chi connectivity index (χ0v) is 19.7. The molecule has 0 aliphatic carbocycles. The minimum absolute atomic E-state index is 0.0910. The van der Waals surface area contributed by atoms with Crippen molar-refractivity contribution in [1.29, 1.82) is 0 Å². The van der Waals surface area contributed by atoms with E-state index in [4.69, 9.17) is 9.47 Å². The fourth-order valence-electron chi connectivity index (χ4n) is 3.99. The van der Waals surface area contributed by atoms with Gasteiger partial charge in [0.15, 0.2) is 22.2 Å². The van der Waals surface area contributed by atoms with Gasteiger partial charge in [-0.3, -0.25) is 4.79 Å². The first-order valence-corrected chi connectivity index (χ1v) is 11.6. The predicted molar refractivity (Wildman–Crippen MR) is 113 cm³/mol. The van der Waals surface area contributed by atoms with Gasteiger partial charge in [0.25, 0.3) is 15.9 Å². The van der Waals surface area contributed by atoms with Gasteiger partial charge in [-0.25, -0.2) is 22.5 Å². The summed E-state index contributed by atoms with van der Waals surface area (Å²) in [6.07, 6.45) is -5.67. The van der Waals surface area contributed by atoms with E-state index in [1.54, 1.807) is 0 Å². The number of nitrogens with one attached hydrogen (secondary N) is 2. The molecule has 0 bridgehead atoms. The van der Waals surface area contributed by atoms with Gasteiger partial charge in [0.2, 0.25) is 5.82 Å². The van der Waals surface area contributed by atoms with Crippen LogP contribution in [0.5, 0.6) is 5.75 Å². The first-order chi connectivity index (χ1) is 16.2. The average Bonchev–Trinajstić information content (AvgIpc) is 3.07. The molecule has 14 heteroatoms. The third-order valence-corrected chi connectivity index (χ3v) is 7.43. The number of anilines is 1. The van der Waals surface area contributed by atoms with Gasteiger partial charge in [0.1, 0.15) is 6.10 Å². The second kappa shape index (κ2) is 9.32. The summed E-state index contributed by atoms with van der Waals surface area (Å²) >= 11 is 0. The van der Waals surface area contributed by atoms with Gasteiger partial charge in [-0.15, -0.1) is 0 Å². The van der Waals surface area contributed by atoms with Crippen LogP contribution in [0.3, 0.4) is 0 Å². The summed E-state index contributed by atoms with van der Waals surface area (Å²) in [6.45, 7) is 1.94. The summed E-state index contributed by atoms with van der Waals surface area (Å²) in [7, 11) is -1.82. The SMILES string of the molecule is CNS(=O)(=O)c1cc(NC(=O)[C@H]2O[C@](C)(C(F)(F)F)[C@H](C)[C@@H]2c2ccc(F)c(F)c2OC)ccn1. The Morgan fingerprint density at radius 3 is 2.46 bits per heavy atom. The average molecular weight is 523 g/mol. The number of nitrogens with zero attached hydrogens (tertiary/aromatic N) is 1. The van der Waals surface area contributed by atoms with E-state index >= 15 is 0 Å². The number of rotatable bonds is 6. The molecule has 1 saturated heterocycles. The standard InChI is InChI=1S/C21H22F5N3O5S/c1-10-15(12-5-6-13(22)16(23)17(12)33-4)18(34-20(10,2)21(24,25)26)19(30)29-11-7-8-28-14(9-11)35(31,32)27-3/h5-10,15,18,27H,1-4H3,(H,28,29,30)/t10-,15-,18+,20+/m1/s1. The predicted octanol–water partition coefficient (Wildman–Crippen LogP) is 3.35. The Hall–Kier alpha value is -2.84. The number of carbonyl (C=O) groups excluding carboxylic acids is 1. The lowest BCUT2D eigenvalue weighted by molar-refractivity contribution is -0.272. The Kier molecular flexibility index (Phi) is 7.12. The molecular weight excluding hydrogens is 501 g/mol. The maximum Gasteiger partial charge on any atom is 0.417 e. The van der Waals surface area contributed by atoms with E-state index in [1.807, 2.05) is 4.72 Å². The number of hydrogen-bond donors (Lipinski definition) is 2. The number of sulfonamides is 1. The highest BCUT2D eigenvalue weighted by Crippen LogP contribution is 2.55. The van der Waals surface area contributed by atoms with E-state index in [1.165, 1.54) is 13.0 Å². The van der Waals surface area contributed by atoms with Crippen molar-refractivity contribution in [3.05, 3.63) is 47.7 Å². The van der Waals surface area contributed by atoms with Crippen molar-refractivity contribution >= 4 is 21.6 Å². The summed E-state index contributed by atoms with van der Waals surface area (Å²) in [4.78, 5) is 16.8. The molecule has 2 heterocycles. The van der Waals surface area contributed by atoms with E-state index in [9.17, 15) is 35.2 Å². The number of aromatic nitrogens is 1. The number of methoxy groups -OCH3 is 1. The first-order valence-electron chi connectivity index (χ1n) is 10.1. The summed E-state index contributed by atoms with van der Waals surface area (Å²) in [5, 5.41) is 1.87.